The Morgan fingerprint density at radius 1 is 1.12 bits per heavy atom. The highest BCUT2D eigenvalue weighted by Gasteiger charge is 2.42. The van der Waals surface area contributed by atoms with Crippen LogP contribution >= 0.6 is 0 Å². The summed E-state index contributed by atoms with van der Waals surface area (Å²) >= 11 is 0. The van der Waals surface area contributed by atoms with Gasteiger partial charge in [0.1, 0.15) is 17.5 Å². The molecule has 32 heavy (non-hydrogen) atoms. The highest BCUT2D eigenvalue weighted by atomic mass is 19.1. The number of rotatable bonds is 5. The Morgan fingerprint density at radius 3 is 2.62 bits per heavy atom. The molecule has 3 heterocycles. The van der Waals surface area contributed by atoms with Gasteiger partial charge in [0, 0.05) is 54.6 Å². The monoisotopic (exact) mass is 431 g/mol. The molecule has 1 amide bonds. The third-order valence-corrected chi connectivity index (χ3v) is 6.40. The van der Waals surface area contributed by atoms with Gasteiger partial charge in [0.05, 0.1) is 5.69 Å². The molecule has 1 aliphatic heterocycles. The van der Waals surface area contributed by atoms with Crippen LogP contribution in [0.3, 0.4) is 0 Å². The van der Waals surface area contributed by atoms with Gasteiger partial charge >= 0.3 is 0 Å². The predicted octanol–water partition coefficient (Wildman–Crippen LogP) is 4.78. The summed E-state index contributed by atoms with van der Waals surface area (Å²) in [4.78, 5) is 28.4. The van der Waals surface area contributed by atoms with Crippen LogP contribution < -0.4 is 5.32 Å². The minimum atomic E-state index is -0.307. The van der Waals surface area contributed by atoms with Gasteiger partial charge in [-0.15, -0.1) is 0 Å². The minimum absolute atomic E-state index is 0.167. The number of halogens is 1. The van der Waals surface area contributed by atoms with Crippen molar-refractivity contribution in [1.29, 1.82) is 0 Å². The van der Waals surface area contributed by atoms with Crippen molar-refractivity contribution in [3.05, 3.63) is 66.5 Å². The lowest BCUT2D eigenvalue weighted by molar-refractivity contribution is -0.133. The topological polar surface area (TPSA) is 71.0 Å². The van der Waals surface area contributed by atoms with Crippen LogP contribution in [-0.4, -0.2) is 38.8 Å². The lowest BCUT2D eigenvalue weighted by Crippen LogP contribution is -2.39. The van der Waals surface area contributed by atoms with E-state index >= 15 is 0 Å². The molecule has 7 heteroatoms. The molecule has 2 aliphatic rings. The van der Waals surface area contributed by atoms with E-state index in [1.54, 1.807) is 24.5 Å². The zero-order valence-electron chi connectivity index (χ0n) is 18.0. The quantitative estimate of drug-likeness (QED) is 0.629. The van der Waals surface area contributed by atoms with Gasteiger partial charge in [-0.1, -0.05) is 13.0 Å². The van der Waals surface area contributed by atoms with Crippen molar-refractivity contribution in [2.24, 2.45) is 11.8 Å². The van der Waals surface area contributed by atoms with Crippen LogP contribution in [0.25, 0.3) is 11.3 Å². The van der Waals surface area contributed by atoms with Gasteiger partial charge in [0.15, 0.2) is 0 Å². The molecule has 2 fully saturated rings. The molecule has 1 N–H and O–H groups in total. The molecule has 3 aromatic rings. The molecule has 0 bridgehead atoms. The number of carbonyl (C=O) groups excluding carboxylic acids is 1. The van der Waals surface area contributed by atoms with Crippen molar-refractivity contribution in [3.63, 3.8) is 0 Å². The fraction of sp³-hybridized carbons (Fsp3) is 0.360. The molecule has 0 unspecified atom stereocenters. The number of amides is 1. The smallest absolute Gasteiger partial charge is 0.225 e. The normalized spacial score (nSPS) is 20.8. The highest BCUT2D eigenvalue weighted by Crippen LogP contribution is 2.40. The van der Waals surface area contributed by atoms with E-state index in [4.69, 9.17) is 9.97 Å². The van der Waals surface area contributed by atoms with Crippen molar-refractivity contribution >= 4 is 17.4 Å². The standard InChI is InChI=1S/C25H26FN5O/c1-16-12-21(16)25(32)31-10-7-17(8-11-31)24-29-22(18-4-3-9-27-15-18)14-23(30-24)28-20-6-2-5-19(26)13-20/h2-6,9,13-17,21H,7-8,10-12H2,1H3,(H,28,29,30)/t16-,21+/m1/s1. The van der Waals surface area contributed by atoms with E-state index in [2.05, 4.69) is 17.2 Å². The molecule has 5 rings (SSSR count). The Kier molecular flexibility index (Phi) is 5.55. The number of anilines is 2. The second-order valence-electron chi connectivity index (χ2n) is 8.79. The Hall–Kier alpha value is -3.35. The molecule has 0 radical (unpaired) electrons. The summed E-state index contributed by atoms with van der Waals surface area (Å²) in [6.07, 6.45) is 6.19. The predicted molar refractivity (Wildman–Crippen MR) is 121 cm³/mol. The molecule has 1 aromatic carbocycles. The molecule has 1 saturated carbocycles. The van der Waals surface area contributed by atoms with Gasteiger partial charge in [-0.05, 0) is 55.5 Å². The second-order valence-corrected chi connectivity index (χ2v) is 8.79. The van der Waals surface area contributed by atoms with Crippen LogP contribution in [0.1, 0.15) is 37.9 Å². The first-order valence-electron chi connectivity index (χ1n) is 11.2. The summed E-state index contributed by atoms with van der Waals surface area (Å²) in [5.74, 6) is 2.27. The summed E-state index contributed by atoms with van der Waals surface area (Å²) in [6.45, 7) is 3.61. The van der Waals surface area contributed by atoms with Gasteiger partial charge in [0.2, 0.25) is 5.91 Å². The molecule has 0 spiro atoms. The van der Waals surface area contributed by atoms with Crippen LogP contribution in [0.2, 0.25) is 0 Å². The van der Waals surface area contributed by atoms with E-state index < -0.39 is 0 Å². The van der Waals surface area contributed by atoms with Crippen LogP contribution in [0, 0.1) is 17.7 Å². The van der Waals surface area contributed by atoms with Crippen molar-refractivity contribution < 1.29 is 9.18 Å². The van der Waals surface area contributed by atoms with E-state index in [1.165, 1.54) is 12.1 Å². The van der Waals surface area contributed by atoms with Crippen molar-refractivity contribution in [2.75, 3.05) is 18.4 Å². The highest BCUT2D eigenvalue weighted by molar-refractivity contribution is 5.81. The molecular weight excluding hydrogens is 405 g/mol. The van der Waals surface area contributed by atoms with Crippen molar-refractivity contribution in [3.8, 4) is 11.3 Å². The first-order valence-corrected chi connectivity index (χ1v) is 11.2. The maximum atomic E-state index is 13.7. The lowest BCUT2D eigenvalue weighted by Gasteiger charge is -2.31. The number of hydrogen-bond acceptors (Lipinski definition) is 5. The summed E-state index contributed by atoms with van der Waals surface area (Å²) < 4.78 is 13.7. The Labute approximate surface area is 186 Å². The van der Waals surface area contributed by atoms with Gasteiger partial charge in [-0.3, -0.25) is 9.78 Å². The number of benzene rings is 1. The maximum Gasteiger partial charge on any atom is 0.225 e. The van der Waals surface area contributed by atoms with E-state index in [0.29, 0.717) is 23.3 Å². The fourth-order valence-corrected chi connectivity index (χ4v) is 4.35. The minimum Gasteiger partial charge on any atom is -0.342 e. The number of hydrogen-bond donors (Lipinski definition) is 1. The van der Waals surface area contributed by atoms with Gasteiger partial charge < -0.3 is 10.2 Å². The third-order valence-electron chi connectivity index (χ3n) is 6.40. The number of nitrogens with zero attached hydrogens (tertiary/aromatic N) is 4. The Morgan fingerprint density at radius 2 is 1.94 bits per heavy atom. The average Bonchev–Trinajstić information content (AvgIpc) is 3.55. The van der Waals surface area contributed by atoms with Crippen molar-refractivity contribution in [2.45, 2.75) is 32.1 Å². The van der Waals surface area contributed by atoms with Gasteiger partial charge in [-0.25, -0.2) is 14.4 Å². The van der Waals surface area contributed by atoms with E-state index in [-0.39, 0.29) is 17.7 Å². The number of aromatic nitrogens is 3. The first-order chi connectivity index (χ1) is 15.6. The van der Waals surface area contributed by atoms with Gasteiger partial charge in [0.25, 0.3) is 0 Å². The average molecular weight is 432 g/mol. The lowest BCUT2D eigenvalue weighted by atomic mass is 9.95. The van der Waals surface area contributed by atoms with Crippen LogP contribution in [0.4, 0.5) is 15.9 Å². The second kappa shape index (κ2) is 8.65. The summed E-state index contributed by atoms with van der Waals surface area (Å²) in [6, 6.07) is 12.0. The first kappa shape index (κ1) is 20.5. The van der Waals surface area contributed by atoms with E-state index in [1.807, 2.05) is 23.1 Å². The number of carbonyl (C=O) groups is 1. The fourth-order valence-electron chi connectivity index (χ4n) is 4.35. The number of likely N-dealkylation sites (tertiary alicyclic amines) is 1. The SMILES string of the molecule is C[C@@H]1C[C@@H]1C(=O)N1CCC(c2nc(Nc3cccc(F)c3)cc(-c3cccnc3)n2)CC1. The van der Waals surface area contributed by atoms with E-state index in [0.717, 1.165) is 49.4 Å². The molecular formula is C25H26FN5O. The van der Waals surface area contributed by atoms with Crippen LogP contribution in [-0.2, 0) is 4.79 Å². The molecule has 6 nitrogen and oxygen atoms in total. The third kappa shape index (κ3) is 4.47. The molecule has 164 valence electrons. The zero-order chi connectivity index (χ0) is 22.1. The summed E-state index contributed by atoms with van der Waals surface area (Å²) in [5, 5.41) is 3.21. The number of piperidine rings is 1. The zero-order valence-corrected chi connectivity index (χ0v) is 18.0. The van der Waals surface area contributed by atoms with Crippen LogP contribution in [0.5, 0.6) is 0 Å². The Bertz CT molecular complexity index is 1110. The Balaban J connectivity index is 1.39. The summed E-state index contributed by atoms with van der Waals surface area (Å²) in [7, 11) is 0. The molecule has 1 saturated heterocycles. The largest absolute Gasteiger partial charge is 0.342 e. The molecule has 2 aromatic heterocycles. The molecule has 1 aliphatic carbocycles. The number of pyridine rings is 1. The molecule has 2 atom stereocenters. The number of nitrogens with one attached hydrogen (secondary N) is 1. The van der Waals surface area contributed by atoms with Crippen LogP contribution in [0.15, 0.2) is 54.9 Å². The summed E-state index contributed by atoms with van der Waals surface area (Å²) in [5.41, 5.74) is 2.30. The van der Waals surface area contributed by atoms with Crippen molar-refractivity contribution in [1.82, 2.24) is 19.9 Å². The van der Waals surface area contributed by atoms with E-state index in [9.17, 15) is 9.18 Å². The maximum absolute atomic E-state index is 13.7. The van der Waals surface area contributed by atoms with Gasteiger partial charge in [-0.2, -0.15) is 0 Å².